The summed E-state index contributed by atoms with van der Waals surface area (Å²) in [5, 5.41) is 2.89. The molecule has 1 aliphatic rings. The van der Waals surface area contributed by atoms with Crippen LogP contribution in [0.3, 0.4) is 0 Å². The molecule has 0 radical (unpaired) electrons. The number of nitrogens with one attached hydrogen (secondary N) is 1. The van der Waals surface area contributed by atoms with E-state index in [1.165, 1.54) is 0 Å². The molecular weight excluding hydrogens is 273 g/mol. The van der Waals surface area contributed by atoms with Crippen LogP contribution in [0.15, 0.2) is 0 Å². The van der Waals surface area contributed by atoms with Gasteiger partial charge in [0.1, 0.15) is 18.0 Å². The molecular formula is C11H20NO6P. The van der Waals surface area contributed by atoms with Gasteiger partial charge in [-0.05, 0) is 33.2 Å². The highest BCUT2D eigenvalue weighted by Crippen LogP contribution is 2.36. The molecule has 1 rings (SSSR count). The van der Waals surface area contributed by atoms with E-state index in [1.54, 1.807) is 13.8 Å². The van der Waals surface area contributed by atoms with Crippen LogP contribution in [0.4, 0.5) is 0 Å². The number of carbonyl (C=O) groups is 2. The van der Waals surface area contributed by atoms with E-state index >= 15 is 0 Å². The molecule has 110 valence electrons. The number of hydrogen-bond acceptors (Lipinski definition) is 5. The summed E-state index contributed by atoms with van der Waals surface area (Å²) in [7, 11) is -4.40. The zero-order valence-corrected chi connectivity index (χ0v) is 11.9. The molecule has 19 heavy (non-hydrogen) atoms. The molecule has 0 spiro atoms. The zero-order valence-electron chi connectivity index (χ0n) is 11.0. The van der Waals surface area contributed by atoms with Gasteiger partial charge in [0.2, 0.25) is 0 Å². The van der Waals surface area contributed by atoms with Gasteiger partial charge in [0.05, 0.1) is 6.10 Å². The van der Waals surface area contributed by atoms with E-state index in [-0.39, 0.29) is 6.10 Å². The summed E-state index contributed by atoms with van der Waals surface area (Å²) < 4.78 is 15.9. The van der Waals surface area contributed by atoms with Gasteiger partial charge in [-0.1, -0.05) is 0 Å². The standard InChI is InChI=1S/C11H20NO6P/c1-7(2)18-11(14)10-8(4-3-5-12-10)9(13)6-19(15,16)17/h7-8,10,12H,3-6H2,1-2H3,(H2,15,16,17). The summed E-state index contributed by atoms with van der Waals surface area (Å²) in [6.07, 6.45) is -0.00823. The van der Waals surface area contributed by atoms with Crippen molar-refractivity contribution in [2.75, 3.05) is 12.7 Å². The molecule has 1 fully saturated rings. The van der Waals surface area contributed by atoms with E-state index in [1.807, 2.05) is 0 Å². The van der Waals surface area contributed by atoms with Crippen LogP contribution in [0.25, 0.3) is 0 Å². The molecule has 8 heteroatoms. The van der Waals surface area contributed by atoms with Gasteiger partial charge in [0.15, 0.2) is 0 Å². The third-order valence-electron chi connectivity index (χ3n) is 2.84. The number of esters is 1. The lowest BCUT2D eigenvalue weighted by Crippen LogP contribution is -2.51. The molecule has 0 saturated carbocycles. The summed E-state index contributed by atoms with van der Waals surface area (Å²) in [6, 6.07) is -0.810. The molecule has 7 nitrogen and oxygen atoms in total. The predicted octanol–water partition coefficient (Wildman–Crippen LogP) is 0.0530. The SMILES string of the molecule is CC(C)OC(=O)C1NCCCC1C(=O)CP(=O)(O)O. The zero-order chi connectivity index (χ0) is 14.6. The second-order valence-electron chi connectivity index (χ2n) is 4.96. The van der Waals surface area contributed by atoms with Gasteiger partial charge in [0, 0.05) is 5.92 Å². The minimum absolute atomic E-state index is 0.297. The Labute approximate surface area is 111 Å². The maximum atomic E-state index is 11.9. The lowest BCUT2D eigenvalue weighted by atomic mass is 9.88. The van der Waals surface area contributed by atoms with E-state index < -0.39 is 37.5 Å². The number of ketones is 1. The average molecular weight is 293 g/mol. The Balaban J connectivity index is 2.74. The first-order chi connectivity index (χ1) is 8.70. The Hall–Kier alpha value is -0.750. The fraction of sp³-hybridized carbons (Fsp3) is 0.818. The quantitative estimate of drug-likeness (QED) is 0.485. The lowest BCUT2D eigenvalue weighted by molar-refractivity contribution is -0.154. The highest BCUT2D eigenvalue weighted by molar-refractivity contribution is 7.52. The molecule has 3 N–H and O–H groups in total. The third-order valence-corrected chi connectivity index (χ3v) is 3.56. The Kier molecular flexibility index (Phi) is 5.67. The molecule has 1 saturated heterocycles. The molecule has 0 aliphatic carbocycles. The Morgan fingerprint density at radius 1 is 1.42 bits per heavy atom. The number of Topliss-reactive ketones (excluding diaryl/α,β-unsaturated/α-hetero) is 1. The van der Waals surface area contributed by atoms with Crippen LogP contribution >= 0.6 is 7.60 Å². The molecule has 0 bridgehead atoms. The number of piperidine rings is 1. The van der Waals surface area contributed by atoms with Crippen LogP contribution in [0, 0.1) is 5.92 Å². The maximum Gasteiger partial charge on any atom is 0.332 e. The molecule has 2 unspecified atom stereocenters. The van der Waals surface area contributed by atoms with E-state index in [0.717, 1.165) is 0 Å². The van der Waals surface area contributed by atoms with Gasteiger partial charge < -0.3 is 19.8 Å². The maximum absolute atomic E-state index is 11.9. The van der Waals surface area contributed by atoms with Gasteiger partial charge in [-0.15, -0.1) is 0 Å². The van der Waals surface area contributed by atoms with Crippen molar-refractivity contribution in [1.82, 2.24) is 5.32 Å². The van der Waals surface area contributed by atoms with Gasteiger partial charge in [-0.2, -0.15) is 0 Å². The van der Waals surface area contributed by atoms with Crippen molar-refractivity contribution >= 4 is 19.3 Å². The highest BCUT2D eigenvalue weighted by Gasteiger charge is 2.38. The number of hydrogen-bond donors (Lipinski definition) is 3. The second-order valence-corrected chi connectivity index (χ2v) is 6.60. The van der Waals surface area contributed by atoms with Gasteiger partial charge in [-0.25, -0.2) is 0 Å². The molecule has 0 aromatic heterocycles. The summed E-state index contributed by atoms with van der Waals surface area (Å²) in [5.74, 6) is -1.86. The molecule has 2 atom stereocenters. The van der Waals surface area contributed by atoms with Crippen LogP contribution < -0.4 is 5.32 Å². The fourth-order valence-corrected chi connectivity index (χ4v) is 2.75. The number of rotatable bonds is 5. The molecule has 0 amide bonds. The van der Waals surface area contributed by atoms with Gasteiger partial charge >= 0.3 is 13.6 Å². The third kappa shape index (κ3) is 5.40. The largest absolute Gasteiger partial charge is 0.462 e. The molecule has 0 aromatic rings. The van der Waals surface area contributed by atoms with Crippen LogP contribution in [0.5, 0.6) is 0 Å². The Morgan fingerprint density at radius 3 is 2.58 bits per heavy atom. The van der Waals surface area contributed by atoms with Crippen molar-refractivity contribution in [3.05, 3.63) is 0 Å². The summed E-state index contributed by atoms with van der Waals surface area (Å²) in [4.78, 5) is 41.4. The fourth-order valence-electron chi connectivity index (χ4n) is 2.11. The molecule has 1 aliphatic heterocycles. The summed E-state index contributed by atoms with van der Waals surface area (Å²) in [5.41, 5.74) is 0. The lowest BCUT2D eigenvalue weighted by Gasteiger charge is -2.30. The van der Waals surface area contributed by atoms with Crippen molar-refractivity contribution in [3.63, 3.8) is 0 Å². The number of ether oxygens (including phenoxy) is 1. The van der Waals surface area contributed by atoms with Crippen LogP contribution in [0.1, 0.15) is 26.7 Å². The summed E-state index contributed by atoms with van der Waals surface area (Å²) >= 11 is 0. The van der Waals surface area contributed by atoms with E-state index in [0.29, 0.717) is 19.4 Å². The Bertz CT molecular complexity index is 391. The van der Waals surface area contributed by atoms with E-state index in [4.69, 9.17) is 14.5 Å². The van der Waals surface area contributed by atoms with E-state index in [2.05, 4.69) is 5.32 Å². The smallest absolute Gasteiger partial charge is 0.332 e. The normalized spacial score (nSPS) is 24.3. The molecule has 1 heterocycles. The Morgan fingerprint density at radius 2 is 2.05 bits per heavy atom. The predicted molar refractivity (Wildman–Crippen MR) is 67.7 cm³/mol. The van der Waals surface area contributed by atoms with Crippen LogP contribution in [0.2, 0.25) is 0 Å². The first-order valence-electron chi connectivity index (χ1n) is 6.22. The first kappa shape index (κ1) is 16.3. The summed E-state index contributed by atoms with van der Waals surface area (Å²) in [6.45, 7) is 3.98. The van der Waals surface area contributed by atoms with Crippen molar-refractivity contribution in [1.29, 1.82) is 0 Å². The topological polar surface area (TPSA) is 113 Å². The first-order valence-corrected chi connectivity index (χ1v) is 8.01. The van der Waals surface area contributed by atoms with E-state index in [9.17, 15) is 14.2 Å². The van der Waals surface area contributed by atoms with Crippen molar-refractivity contribution in [3.8, 4) is 0 Å². The van der Waals surface area contributed by atoms with Crippen molar-refractivity contribution in [2.24, 2.45) is 5.92 Å². The van der Waals surface area contributed by atoms with Crippen LogP contribution in [-0.4, -0.2) is 46.4 Å². The van der Waals surface area contributed by atoms with Crippen LogP contribution in [-0.2, 0) is 18.9 Å². The minimum Gasteiger partial charge on any atom is -0.462 e. The minimum atomic E-state index is -4.40. The average Bonchev–Trinajstić information content (AvgIpc) is 2.25. The van der Waals surface area contributed by atoms with Crippen molar-refractivity contribution in [2.45, 2.75) is 38.8 Å². The molecule has 0 aromatic carbocycles. The van der Waals surface area contributed by atoms with Gasteiger partial charge in [-0.3, -0.25) is 14.2 Å². The highest BCUT2D eigenvalue weighted by atomic mass is 31.2. The number of carbonyl (C=O) groups excluding carboxylic acids is 2. The van der Waals surface area contributed by atoms with Gasteiger partial charge in [0.25, 0.3) is 0 Å². The second kappa shape index (κ2) is 6.61. The van der Waals surface area contributed by atoms with Crippen molar-refractivity contribution < 1.29 is 28.7 Å². The monoisotopic (exact) mass is 293 g/mol.